The lowest BCUT2D eigenvalue weighted by Gasteiger charge is -2.19. The van der Waals surface area contributed by atoms with Gasteiger partial charge in [0, 0.05) is 6.07 Å². The van der Waals surface area contributed by atoms with Gasteiger partial charge in [0.2, 0.25) is 12.5 Å². The highest BCUT2D eigenvalue weighted by atomic mass is 16.7. The maximum absolute atomic E-state index is 6.50. The van der Waals surface area contributed by atoms with Crippen LogP contribution in [0.4, 0.5) is 0 Å². The topological polar surface area (TPSA) is 73.8 Å². The number of benzene rings is 4. The van der Waals surface area contributed by atoms with Gasteiger partial charge in [0.1, 0.15) is 11.5 Å². The molecule has 0 N–H and O–H groups in total. The molecule has 0 saturated carbocycles. The molecule has 8 heteroatoms. The summed E-state index contributed by atoms with van der Waals surface area (Å²) in [5, 5.41) is 0. The highest BCUT2D eigenvalue weighted by molar-refractivity contribution is 5.58. The van der Waals surface area contributed by atoms with Crippen LogP contribution in [0.1, 0.15) is 22.3 Å². The average molecular weight is 573 g/mol. The second-order valence-corrected chi connectivity index (χ2v) is 9.79. The third kappa shape index (κ3) is 6.43. The molecule has 0 bridgehead atoms. The Bertz CT molecular complexity index is 1530. The normalized spacial score (nSPS) is 11.6. The third-order valence-electron chi connectivity index (χ3n) is 7.25. The Hall–Kier alpha value is -4.72. The molecule has 1 heterocycles. The van der Waals surface area contributed by atoms with Gasteiger partial charge in [-0.05, 0) is 90.4 Å². The van der Waals surface area contributed by atoms with Crippen LogP contribution >= 0.6 is 0 Å². The van der Waals surface area contributed by atoms with Gasteiger partial charge in [-0.2, -0.15) is 0 Å². The Morgan fingerprint density at radius 3 is 2.00 bits per heavy atom. The summed E-state index contributed by atoms with van der Waals surface area (Å²) in [4.78, 5) is 0. The summed E-state index contributed by atoms with van der Waals surface area (Å²) in [6, 6.07) is 21.9. The van der Waals surface area contributed by atoms with Crippen molar-refractivity contribution >= 4 is 0 Å². The van der Waals surface area contributed by atoms with E-state index in [1.807, 2.05) is 54.6 Å². The van der Waals surface area contributed by atoms with Crippen molar-refractivity contribution in [3.05, 3.63) is 89.0 Å². The second-order valence-electron chi connectivity index (χ2n) is 9.79. The van der Waals surface area contributed by atoms with Gasteiger partial charge in [0.25, 0.3) is 0 Å². The molecule has 1 aliphatic heterocycles. The maximum Gasteiger partial charge on any atom is 0.231 e. The number of aryl methyl sites for hydroxylation is 4. The van der Waals surface area contributed by atoms with E-state index >= 15 is 0 Å². The molecule has 1 aliphatic rings. The van der Waals surface area contributed by atoms with Crippen LogP contribution in [0.25, 0.3) is 0 Å². The van der Waals surface area contributed by atoms with E-state index in [1.165, 1.54) is 0 Å². The van der Waals surface area contributed by atoms with E-state index < -0.39 is 0 Å². The molecule has 5 rings (SSSR count). The summed E-state index contributed by atoms with van der Waals surface area (Å²) in [5.74, 6) is 5.81. The maximum atomic E-state index is 6.50. The molecule has 42 heavy (non-hydrogen) atoms. The molecule has 0 atom stereocenters. The average Bonchev–Trinajstić information content (AvgIpc) is 3.50. The zero-order chi connectivity index (χ0) is 29.5. The molecular formula is C34H36O8. The van der Waals surface area contributed by atoms with Gasteiger partial charge >= 0.3 is 0 Å². The second kappa shape index (κ2) is 13.3. The Morgan fingerprint density at radius 1 is 0.524 bits per heavy atom. The van der Waals surface area contributed by atoms with Crippen LogP contribution in [0.5, 0.6) is 51.7 Å². The summed E-state index contributed by atoms with van der Waals surface area (Å²) in [6.07, 6.45) is 3.08. The first-order valence-electron chi connectivity index (χ1n) is 13.7. The first kappa shape index (κ1) is 28.8. The lowest BCUT2D eigenvalue weighted by atomic mass is 10.0. The molecule has 8 nitrogen and oxygen atoms in total. The fourth-order valence-corrected chi connectivity index (χ4v) is 5.02. The zero-order valence-corrected chi connectivity index (χ0v) is 24.7. The number of fused-ring (bicyclic) bond motifs is 1. The molecule has 0 radical (unpaired) electrons. The summed E-state index contributed by atoms with van der Waals surface area (Å²) < 4.78 is 45.7. The van der Waals surface area contributed by atoms with E-state index in [9.17, 15) is 0 Å². The molecule has 0 fully saturated rings. The lowest BCUT2D eigenvalue weighted by molar-refractivity contribution is 0.174. The molecular weight excluding hydrogens is 536 g/mol. The zero-order valence-electron chi connectivity index (χ0n) is 24.7. The van der Waals surface area contributed by atoms with E-state index in [0.717, 1.165) is 70.9 Å². The molecule has 4 aromatic carbocycles. The van der Waals surface area contributed by atoms with E-state index in [0.29, 0.717) is 28.7 Å². The third-order valence-corrected chi connectivity index (χ3v) is 7.25. The first-order valence-corrected chi connectivity index (χ1v) is 13.7. The minimum atomic E-state index is 0.257. The molecule has 4 aromatic rings. The number of hydrogen-bond donors (Lipinski definition) is 0. The molecule has 0 spiro atoms. The summed E-state index contributed by atoms with van der Waals surface area (Å²) in [5.41, 5.74) is 4.33. The van der Waals surface area contributed by atoms with Gasteiger partial charge in [-0.1, -0.05) is 18.2 Å². The van der Waals surface area contributed by atoms with Crippen LogP contribution in [-0.4, -0.2) is 42.3 Å². The van der Waals surface area contributed by atoms with Crippen LogP contribution in [0.15, 0.2) is 66.7 Å². The molecule has 0 unspecified atom stereocenters. The molecule has 220 valence electrons. The Morgan fingerprint density at radius 2 is 1.24 bits per heavy atom. The molecule has 0 saturated heterocycles. The standard InChI is InChI=1S/C34H36O8/c1-35-26-8-6-7-22(15-26)11-13-25-19-31(29(37-3)20-28(25)36-2)42-33-18-24(17-32(38-4)34(33)39-5)10-9-23-12-14-27-30(16-23)41-21-40-27/h6-8,12,14-20H,9-11,13,21H2,1-5H3. The van der Waals surface area contributed by atoms with E-state index in [1.54, 1.807) is 35.5 Å². The van der Waals surface area contributed by atoms with Gasteiger partial charge in [-0.25, -0.2) is 0 Å². The number of ether oxygens (including phenoxy) is 8. The SMILES string of the molecule is COc1cccc(CCc2cc(Oc3cc(CCc4ccc5c(c4)OCO5)cc(OC)c3OC)c(OC)cc2OC)c1. The van der Waals surface area contributed by atoms with Gasteiger partial charge < -0.3 is 37.9 Å². The van der Waals surface area contributed by atoms with E-state index in [4.69, 9.17) is 37.9 Å². The summed E-state index contributed by atoms with van der Waals surface area (Å²) in [7, 11) is 8.15. The van der Waals surface area contributed by atoms with Crippen LogP contribution in [0.3, 0.4) is 0 Å². The minimum Gasteiger partial charge on any atom is -0.497 e. The lowest BCUT2D eigenvalue weighted by Crippen LogP contribution is -2.01. The Kier molecular flexibility index (Phi) is 9.12. The van der Waals surface area contributed by atoms with Crippen molar-refractivity contribution in [2.75, 3.05) is 42.3 Å². The van der Waals surface area contributed by atoms with Gasteiger partial charge in [0.15, 0.2) is 34.5 Å². The largest absolute Gasteiger partial charge is 0.497 e. The van der Waals surface area contributed by atoms with Crippen LogP contribution in [0.2, 0.25) is 0 Å². The highest BCUT2D eigenvalue weighted by Gasteiger charge is 2.20. The van der Waals surface area contributed by atoms with Crippen molar-refractivity contribution in [1.29, 1.82) is 0 Å². The number of methoxy groups -OCH3 is 5. The molecule has 0 amide bonds. The van der Waals surface area contributed by atoms with Crippen molar-refractivity contribution in [2.24, 2.45) is 0 Å². The molecule has 0 aromatic heterocycles. The monoisotopic (exact) mass is 572 g/mol. The van der Waals surface area contributed by atoms with Gasteiger partial charge in [-0.15, -0.1) is 0 Å². The van der Waals surface area contributed by atoms with Crippen molar-refractivity contribution in [2.45, 2.75) is 25.7 Å². The summed E-state index contributed by atoms with van der Waals surface area (Å²) >= 11 is 0. The quantitative estimate of drug-likeness (QED) is 0.173. The van der Waals surface area contributed by atoms with Crippen LogP contribution in [-0.2, 0) is 25.7 Å². The fourth-order valence-electron chi connectivity index (χ4n) is 5.02. The smallest absolute Gasteiger partial charge is 0.231 e. The highest BCUT2D eigenvalue weighted by Crippen LogP contribution is 2.45. The van der Waals surface area contributed by atoms with Gasteiger partial charge in [-0.3, -0.25) is 0 Å². The van der Waals surface area contributed by atoms with Crippen molar-refractivity contribution < 1.29 is 37.9 Å². The van der Waals surface area contributed by atoms with Crippen molar-refractivity contribution in [3.63, 3.8) is 0 Å². The van der Waals surface area contributed by atoms with E-state index in [2.05, 4.69) is 12.1 Å². The summed E-state index contributed by atoms with van der Waals surface area (Å²) in [6.45, 7) is 0.257. The Balaban J connectivity index is 1.41. The van der Waals surface area contributed by atoms with E-state index in [-0.39, 0.29) is 6.79 Å². The minimum absolute atomic E-state index is 0.257. The van der Waals surface area contributed by atoms with Gasteiger partial charge in [0.05, 0.1) is 35.5 Å². The Labute approximate surface area is 246 Å². The number of rotatable bonds is 13. The van der Waals surface area contributed by atoms with Crippen LogP contribution in [0, 0.1) is 0 Å². The van der Waals surface area contributed by atoms with Crippen molar-refractivity contribution in [1.82, 2.24) is 0 Å². The predicted octanol–water partition coefficient (Wildman–Crippen LogP) is 6.82. The predicted molar refractivity (Wildman–Crippen MR) is 160 cm³/mol. The first-order chi connectivity index (χ1) is 20.5. The molecule has 0 aliphatic carbocycles. The number of hydrogen-bond acceptors (Lipinski definition) is 8. The van der Waals surface area contributed by atoms with Crippen molar-refractivity contribution in [3.8, 4) is 51.7 Å². The fraction of sp³-hybridized carbons (Fsp3) is 0.294. The van der Waals surface area contributed by atoms with Crippen LogP contribution < -0.4 is 37.9 Å².